The van der Waals surface area contributed by atoms with Crippen LogP contribution in [0.25, 0.3) is 0 Å². The number of rotatable bonds is 5. The molecule has 1 saturated carbocycles. The van der Waals surface area contributed by atoms with E-state index < -0.39 is 0 Å². The Morgan fingerprint density at radius 1 is 1.36 bits per heavy atom. The minimum Gasteiger partial charge on any atom is -0.376 e. The standard InChI is InChI=1S/C11H21NO2/c1-12-11-4-2-3-9(11)5-6-14-10-7-13-8-10/h9-12H,2-8H2,1H3. The van der Waals surface area contributed by atoms with Crippen LogP contribution in [0, 0.1) is 5.92 Å². The second-order valence-electron chi connectivity index (χ2n) is 4.41. The molecule has 0 aromatic heterocycles. The number of hydrogen-bond acceptors (Lipinski definition) is 3. The van der Waals surface area contributed by atoms with E-state index in [0.717, 1.165) is 31.8 Å². The van der Waals surface area contributed by atoms with Crippen LogP contribution in [-0.4, -0.2) is 39.0 Å². The Morgan fingerprint density at radius 2 is 2.21 bits per heavy atom. The van der Waals surface area contributed by atoms with Gasteiger partial charge in [-0.15, -0.1) is 0 Å². The first kappa shape index (κ1) is 10.4. The molecule has 2 atom stereocenters. The summed E-state index contributed by atoms with van der Waals surface area (Å²) in [6.45, 7) is 2.52. The van der Waals surface area contributed by atoms with Crippen LogP contribution in [0.3, 0.4) is 0 Å². The first-order valence-electron chi connectivity index (χ1n) is 5.76. The van der Waals surface area contributed by atoms with E-state index in [-0.39, 0.29) is 0 Å². The highest BCUT2D eigenvalue weighted by molar-refractivity contribution is 4.81. The molecule has 2 aliphatic rings. The zero-order valence-corrected chi connectivity index (χ0v) is 9.00. The maximum atomic E-state index is 5.68. The zero-order valence-electron chi connectivity index (χ0n) is 9.00. The summed E-state index contributed by atoms with van der Waals surface area (Å²) in [6, 6.07) is 0.733. The van der Waals surface area contributed by atoms with Crippen LogP contribution in [0.15, 0.2) is 0 Å². The van der Waals surface area contributed by atoms with Crippen molar-refractivity contribution in [2.45, 2.75) is 37.8 Å². The van der Waals surface area contributed by atoms with Crippen molar-refractivity contribution in [3.63, 3.8) is 0 Å². The molecule has 1 heterocycles. The van der Waals surface area contributed by atoms with Gasteiger partial charge in [-0.25, -0.2) is 0 Å². The summed E-state index contributed by atoms with van der Waals surface area (Å²) in [5.41, 5.74) is 0. The molecule has 0 aromatic rings. The maximum Gasteiger partial charge on any atom is 0.104 e. The largest absolute Gasteiger partial charge is 0.376 e. The van der Waals surface area contributed by atoms with E-state index in [4.69, 9.17) is 9.47 Å². The lowest BCUT2D eigenvalue weighted by molar-refractivity contribution is -0.131. The summed E-state index contributed by atoms with van der Waals surface area (Å²) < 4.78 is 10.7. The lowest BCUT2D eigenvalue weighted by Crippen LogP contribution is -2.37. The van der Waals surface area contributed by atoms with Crippen LogP contribution >= 0.6 is 0 Å². The highest BCUT2D eigenvalue weighted by atomic mass is 16.6. The van der Waals surface area contributed by atoms with Crippen LogP contribution in [-0.2, 0) is 9.47 Å². The summed E-state index contributed by atoms with van der Waals surface area (Å²) >= 11 is 0. The van der Waals surface area contributed by atoms with E-state index in [0.29, 0.717) is 6.10 Å². The second kappa shape index (κ2) is 5.10. The average molecular weight is 199 g/mol. The summed E-state index contributed by atoms with van der Waals surface area (Å²) in [5, 5.41) is 3.40. The third kappa shape index (κ3) is 2.47. The molecule has 0 aromatic carbocycles. The van der Waals surface area contributed by atoms with E-state index in [9.17, 15) is 0 Å². The van der Waals surface area contributed by atoms with Crippen LogP contribution < -0.4 is 5.32 Å². The summed E-state index contributed by atoms with van der Waals surface area (Å²) in [5.74, 6) is 0.834. The van der Waals surface area contributed by atoms with Gasteiger partial charge in [0.15, 0.2) is 0 Å². The monoisotopic (exact) mass is 199 g/mol. The van der Waals surface area contributed by atoms with Gasteiger partial charge in [0.2, 0.25) is 0 Å². The van der Waals surface area contributed by atoms with Crippen molar-refractivity contribution in [3.05, 3.63) is 0 Å². The summed E-state index contributed by atoms with van der Waals surface area (Å²) in [4.78, 5) is 0. The van der Waals surface area contributed by atoms with Gasteiger partial charge in [-0.3, -0.25) is 0 Å². The molecule has 1 saturated heterocycles. The molecule has 82 valence electrons. The fourth-order valence-corrected chi connectivity index (χ4v) is 2.46. The van der Waals surface area contributed by atoms with Crippen molar-refractivity contribution in [2.24, 2.45) is 5.92 Å². The van der Waals surface area contributed by atoms with Gasteiger partial charge in [0, 0.05) is 12.6 Å². The van der Waals surface area contributed by atoms with Crippen molar-refractivity contribution in [1.82, 2.24) is 5.32 Å². The van der Waals surface area contributed by atoms with Crippen LogP contribution in [0.1, 0.15) is 25.7 Å². The Balaban J connectivity index is 1.59. The normalized spacial score (nSPS) is 33.2. The Morgan fingerprint density at radius 3 is 2.86 bits per heavy atom. The van der Waals surface area contributed by atoms with Crippen molar-refractivity contribution < 1.29 is 9.47 Å². The molecule has 0 bridgehead atoms. The average Bonchev–Trinajstić information content (AvgIpc) is 2.56. The third-order valence-corrected chi connectivity index (χ3v) is 3.48. The van der Waals surface area contributed by atoms with Gasteiger partial charge in [-0.05, 0) is 32.2 Å². The van der Waals surface area contributed by atoms with Gasteiger partial charge in [0.05, 0.1) is 13.2 Å². The molecule has 2 unspecified atom stereocenters. The van der Waals surface area contributed by atoms with E-state index in [2.05, 4.69) is 12.4 Å². The smallest absolute Gasteiger partial charge is 0.104 e. The van der Waals surface area contributed by atoms with Crippen LogP contribution in [0.5, 0.6) is 0 Å². The quantitative estimate of drug-likeness (QED) is 0.721. The van der Waals surface area contributed by atoms with Crippen molar-refractivity contribution in [1.29, 1.82) is 0 Å². The molecule has 0 amide bonds. The number of nitrogens with one attached hydrogen (secondary N) is 1. The Hall–Kier alpha value is -0.120. The van der Waals surface area contributed by atoms with Crippen molar-refractivity contribution in [3.8, 4) is 0 Å². The van der Waals surface area contributed by atoms with E-state index >= 15 is 0 Å². The van der Waals surface area contributed by atoms with Crippen LogP contribution in [0.4, 0.5) is 0 Å². The lowest BCUT2D eigenvalue weighted by Gasteiger charge is -2.27. The molecule has 1 aliphatic heterocycles. The minimum absolute atomic E-state index is 0.393. The van der Waals surface area contributed by atoms with E-state index in [1.54, 1.807) is 0 Å². The topological polar surface area (TPSA) is 30.5 Å². The van der Waals surface area contributed by atoms with Gasteiger partial charge >= 0.3 is 0 Å². The molecular formula is C11H21NO2. The van der Waals surface area contributed by atoms with E-state index in [1.807, 2.05) is 0 Å². The molecule has 2 fully saturated rings. The highest BCUT2D eigenvalue weighted by Gasteiger charge is 2.26. The summed E-state index contributed by atoms with van der Waals surface area (Å²) in [6.07, 6.45) is 5.69. The molecule has 2 rings (SSSR count). The third-order valence-electron chi connectivity index (χ3n) is 3.48. The number of ether oxygens (including phenoxy) is 2. The Labute approximate surface area is 86.2 Å². The first-order valence-corrected chi connectivity index (χ1v) is 5.76. The Bertz CT molecular complexity index is 171. The molecular weight excluding hydrogens is 178 g/mol. The lowest BCUT2D eigenvalue weighted by atomic mass is 10.0. The van der Waals surface area contributed by atoms with Gasteiger partial charge in [0.1, 0.15) is 6.10 Å². The highest BCUT2D eigenvalue weighted by Crippen LogP contribution is 2.28. The predicted molar refractivity (Wildman–Crippen MR) is 55.4 cm³/mol. The molecule has 3 nitrogen and oxygen atoms in total. The minimum atomic E-state index is 0.393. The van der Waals surface area contributed by atoms with E-state index in [1.165, 1.54) is 25.7 Å². The van der Waals surface area contributed by atoms with Gasteiger partial charge < -0.3 is 14.8 Å². The number of hydrogen-bond donors (Lipinski definition) is 1. The fraction of sp³-hybridized carbons (Fsp3) is 1.00. The molecule has 14 heavy (non-hydrogen) atoms. The molecule has 1 aliphatic carbocycles. The zero-order chi connectivity index (χ0) is 9.80. The molecule has 1 N–H and O–H groups in total. The molecule has 0 spiro atoms. The van der Waals surface area contributed by atoms with Crippen LogP contribution in [0.2, 0.25) is 0 Å². The van der Waals surface area contributed by atoms with Gasteiger partial charge in [-0.1, -0.05) is 6.42 Å². The van der Waals surface area contributed by atoms with Crippen molar-refractivity contribution in [2.75, 3.05) is 26.9 Å². The molecule has 3 heteroatoms. The SMILES string of the molecule is CNC1CCCC1CCOC1COC1. The maximum absolute atomic E-state index is 5.68. The second-order valence-corrected chi connectivity index (χ2v) is 4.41. The fourth-order valence-electron chi connectivity index (χ4n) is 2.46. The molecule has 0 radical (unpaired) electrons. The van der Waals surface area contributed by atoms with Gasteiger partial charge in [-0.2, -0.15) is 0 Å². The predicted octanol–water partition coefficient (Wildman–Crippen LogP) is 1.18. The van der Waals surface area contributed by atoms with Gasteiger partial charge in [0.25, 0.3) is 0 Å². The first-order chi connectivity index (χ1) is 6.90. The van der Waals surface area contributed by atoms with Crippen molar-refractivity contribution >= 4 is 0 Å². The Kier molecular flexibility index (Phi) is 3.79. The summed E-state index contributed by atoms with van der Waals surface area (Å²) in [7, 11) is 2.07.